The van der Waals surface area contributed by atoms with E-state index in [4.69, 9.17) is 23.2 Å². The molecule has 0 aliphatic heterocycles. The van der Waals surface area contributed by atoms with Crippen molar-refractivity contribution in [1.82, 2.24) is 19.4 Å². The molecule has 3 aromatic rings. The van der Waals surface area contributed by atoms with Crippen molar-refractivity contribution < 1.29 is 8.42 Å². The van der Waals surface area contributed by atoms with Gasteiger partial charge in [0.25, 0.3) is 10.0 Å². The maximum atomic E-state index is 12.4. The third kappa shape index (κ3) is 2.33. The molecule has 0 bridgehead atoms. The Bertz CT molecular complexity index is 889. The third-order valence-electron chi connectivity index (χ3n) is 2.30. The van der Waals surface area contributed by atoms with E-state index in [0.29, 0.717) is 4.96 Å². The molecule has 0 radical (unpaired) electrons. The van der Waals surface area contributed by atoms with Gasteiger partial charge in [0, 0.05) is 17.8 Å². The van der Waals surface area contributed by atoms with Crippen molar-refractivity contribution in [3.8, 4) is 0 Å². The summed E-state index contributed by atoms with van der Waals surface area (Å²) in [5.41, 5.74) is 0. The Morgan fingerprint density at radius 2 is 2.10 bits per heavy atom. The number of sulfonamides is 1. The second kappa shape index (κ2) is 4.85. The highest BCUT2D eigenvalue weighted by Crippen LogP contribution is 2.26. The Hall–Kier alpha value is -1.42. The van der Waals surface area contributed by atoms with Crippen molar-refractivity contribution in [2.24, 2.45) is 0 Å². The van der Waals surface area contributed by atoms with Crippen molar-refractivity contribution in [3.05, 3.63) is 34.3 Å². The standard InChI is InChI=1S/C9H5Cl2N5O2S2/c10-6-7(16-3-4-19-9(16)14-6)20(17,18)15-5-1-2-12-8(11)13-5/h1-4H,(H,12,13,15). The molecule has 20 heavy (non-hydrogen) atoms. The lowest BCUT2D eigenvalue weighted by Gasteiger charge is -2.06. The molecule has 0 spiro atoms. The average Bonchev–Trinajstić information content (AvgIpc) is 2.87. The summed E-state index contributed by atoms with van der Waals surface area (Å²) in [4.78, 5) is 11.9. The lowest BCUT2D eigenvalue weighted by Crippen LogP contribution is -2.16. The van der Waals surface area contributed by atoms with Crippen molar-refractivity contribution in [2.45, 2.75) is 5.03 Å². The first kappa shape index (κ1) is 13.6. The summed E-state index contributed by atoms with van der Waals surface area (Å²) < 4.78 is 28.4. The Morgan fingerprint density at radius 3 is 2.85 bits per heavy atom. The monoisotopic (exact) mass is 349 g/mol. The topological polar surface area (TPSA) is 89.2 Å². The normalized spacial score (nSPS) is 11.9. The Balaban J connectivity index is 2.08. The summed E-state index contributed by atoms with van der Waals surface area (Å²) >= 11 is 12.8. The van der Waals surface area contributed by atoms with Gasteiger partial charge in [-0.15, -0.1) is 11.3 Å². The minimum atomic E-state index is -3.94. The first-order valence-electron chi connectivity index (χ1n) is 5.10. The second-order valence-electron chi connectivity index (χ2n) is 3.58. The van der Waals surface area contributed by atoms with Gasteiger partial charge in [0.2, 0.25) is 5.28 Å². The van der Waals surface area contributed by atoms with Crippen molar-refractivity contribution in [3.63, 3.8) is 0 Å². The van der Waals surface area contributed by atoms with Crippen LogP contribution in [0.5, 0.6) is 0 Å². The smallest absolute Gasteiger partial charge is 0.278 e. The van der Waals surface area contributed by atoms with Gasteiger partial charge >= 0.3 is 0 Å². The fourth-order valence-corrected chi connectivity index (χ4v) is 4.16. The maximum Gasteiger partial charge on any atom is 0.282 e. The van der Waals surface area contributed by atoms with E-state index in [-0.39, 0.29) is 21.3 Å². The molecule has 7 nitrogen and oxygen atoms in total. The van der Waals surface area contributed by atoms with Gasteiger partial charge < -0.3 is 0 Å². The molecule has 0 fully saturated rings. The number of thiazole rings is 1. The van der Waals surface area contributed by atoms with E-state index >= 15 is 0 Å². The first-order valence-corrected chi connectivity index (χ1v) is 8.22. The number of hydrogen-bond acceptors (Lipinski definition) is 6. The molecule has 0 saturated carbocycles. The van der Waals surface area contributed by atoms with Crippen LogP contribution in [0.4, 0.5) is 5.82 Å². The van der Waals surface area contributed by atoms with Gasteiger partial charge in [-0.2, -0.15) is 13.4 Å². The number of nitrogens with one attached hydrogen (secondary N) is 1. The Kier molecular flexibility index (Phi) is 3.28. The number of rotatable bonds is 3. The summed E-state index contributed by atoms with van der Waals surface area (Å²) in [5, 5.41) is 1.39. The maximum absolute atomic E-state index is 12.4. The van der Waals surface area contributed by atoms with Crippen molar-refractivity contribution >= 4 is 55.3 Å². The van der Waals surface area contributed by atoms with Crippen LogP contribution >= 0.6 is 34.5 Å². The molecule has 0 unspecified atom stereocenters. The van der Waals surface area contributed by atoms with Crippen LogP contribution in [-0.4, -0.2) is 27.8 Å². The number of aromatic nitrogens is 4. The molecule has 0 aliphatic rings. The van der Waals surface area contributed by atoms with Crippen LogP contribution in [0.3, 0.4) is 0 Å². The summed E-state index contributed by atoms with van der Waals surface area (Å²) in [5.74, 6) is 0.0475. The predicted octanol–water partition coefficient (Wildman–Crippen LogP) is 2.29. The highest BCUT2D eigenvalue weighted by Gasteiger charge is 2.25. The first-order chi connectivity index (χ1) is 9.47. The van der Waals surface area contributed by atoms with E-state index < -0.39 is 10.0 Å². The fraction of sp³-hybridized carbons (Fsp3) is 0. The molecule has 3 aromatic heterocycles. The highest BCUT2D eigenvalue weighted by molar-refractivity contribution is 7.92. The van der Waals surface area contributed by atoms with Gasteiger partial charge in [-0.25, -0.2) is 9.97 Å². The van der Waals surface area contributed by atoms with E-state index in [2.05, 4.69) is 19.7 Å². The molecule has 3 rings (SSSR count). The van der Waals surface area contributed by atoms with Crippen LogP contribution in [0.25, 0.3) is 4.96 Å². The number of hydrogen-bond donors (Lipinski definition) is 1. The number of anilines is 1. The molecular formula is C9H5Cl2N5O2S2. The van der Waals surface area contributed by atoms with Gasteiger partial charge in [-0.05, 0) is 17.7 Å². The van der Waals surface area contributed by atoms with E-state index in [1.165, 1.54) is 28.0 Å². The van der Waals surface area contributed by atoms with E-state index in [0.717, 1.165) is 0 Å². The molecule has 3 heterocycles. The number of imidazole rings is 1. The van der Waals surface area contributed by atoms with Gasteiger partial charge in [-0.3, -0.25) is 9.12 Å². The number of fused-ring (bicyclic) bond motifs is 1. The zero-order valence-corrected chi connectivity index (χ0v) is 12.6. The SMILES string of the molecule is O=S(=O)(Nc1ccnc(Cl)n1)c1c(Cl)nc2sccn12. The number of halogens is 2. The van der Waals surface area contributed by atoms with Crippen LogP contribution in [0.2, 0.25) is 10.4 Å². The molecule has 0 saturated heterocycles. The molecule has 1 N–H and O–H groups in total. The zero-order chi connectivity index (χ0) is 14.3. The van der Waals surface area contributed by atoms with Gasteiger partial charge in [0.05, 0.1) is 0 Å². The second-order valence-corrected chi connectivity index (χ2v) is 6.75. The van der Waals surface area contributed by atoms with Gasteiger partial charge in [0.15, 0.2) is 15.1 Å². The molecule has 0 amide bonds. The molecular weight excluding hydrogens is 345 g/mol. The lowest BCUT2D eigenvalue weighted by molar-refractivity contribution is 0.596. The zero-order valence-electron chi connectivity index (χ0n) is 9.49. The lowest BCUT2D eigenvalue weighted by atomic mass is 10.6. The van der Waals surface area contributed by atoms with E-state index in [1.54, 1.807) is 11.6 Å². The van der Waals surface area contributed by atoms with Crippen molar-refractivity contribution in [1.29, 1.82) is 0 Å². The van der Waals surface area contributed by atoms with Crippen LogP contribution in [-0.2, 0) is 10.0 Å². The fourth-order valence-electron chi connectivity index (χ4n) is 1.56. The molecule has 0 atom stereocenters. The minimum absolute atomic E-state index is 0.0475. The molecule has 0 aromatic carbocycles. The van der Waals surface area contributed by atoms with Crippen LogP contribution in [0, 0.1) is 0 Å². The van der Waals surface area contributed by atoms with Gasteiger partial charge in [0.1, 0.15) is 5.82 Å². The third-order valence-corrected chi connectivity index (χ3v) is 4.99. The minimum Gasteiger partial charge on any atom is -0.278 e. The predicted molar refractivity (Wildman–Crippen MR) is 75.9 cm³/mol. The highest BCUT2D eigenvalue weighted by atomic mass is 35.5. The Labute approximate surface area is 127 Å². The van der Waals surface area contributed by atoms with Crippen LogP contribution in [0.1, 0.15) is 0 Å². The summed E-state index contributed by atoms with van der Waals surface area (Å²) in [6.45, 7) is 0. The summed E-state index contributed by atoms with van der Waals surface area (Å²) in [6, 6.07) is 1.38. The summed E-state index contributed by atoms with van der Waals surface area (Å²) in [7, 11) is -3.94. The summed E-state index contributed by atoms with van der Waals surface area (Å²) in [6.07, 6.45) is 2.91. The van der Waals surface area contributed by atoms with Crippen LogP contribution in [0.15, 0.2) is 28.9 Å². The molecule has 11 heteroatoms. The Morgan fingerprint density at radius 1 is 1.30 bits per heavy atom. The van der Waals surface area contributed by atoms with Crippen molar-refractivity contribution in [2.75, 3.05) is 4.72 Å². The van der Waals surface area contributed by atoms with Gasteiger partial charge in [-0.1, -0.05) is 11.6 Å². The molecule has 104 valence electrons. The average molecular weight is 350 g/mol. The van der Waals surface area contributed by atoms with E-state index in [9.17, 15) is 8.42 Å². The number of nitrogens with zero attached hydrogens (tertiary/aromatic N) is 4. The van der Waals surface area contributed by atoms with E-state index in [1.807, 2.05) is 0 Å². The molecule has 0 aliphatic carbocycles. The van der Waals surface area contributed by atoms with Crippen LogP contribution < -0.4 is 4.72 Å². The largest absolute Gasteiger partial charge is 0.282 e. The quantitative estimate of drug-likeness (QED) is 0.732.